The van der Waals surface area contributed by atoms with Crippen molar-refractivity contribution in [3.05, 3.63) is 89.1 Å². The van der Waals surface area contributed by atoms with E-state index in [1.165, 1.54) is 4.90 Å². The normalized spacial score (nSPS) is 13.5. The highest BCUT2D eigenvalue weighted by molar-refractivity contribution is 6.46. The van der Waals surface area contributed by atoms with Crippen LogP contribution < -0.4 is 19.7 Å². The molecule has 0 bridgehead atoms. The summed E-state index contributed by atoms with van der Waals surface area (Å²) in [6.07, 6.45) is 0. The van der Waals surface area contributed by atoms with Gasteiger partial charge < -0.3 is 14.8 Å². The number of nitrogens with one attached hydrogen (secondary N) is 1. The van der Waals surface area contributed by atoms with E-state index in [0.717, 1.165) is 22.4 Å². The first-order chi connectivity index (χ1) is 16.4. The van der Waals surface area contributed by atoms with Crippen LogP contribution in [0.2, 0.25) is 0 Å². The first-order valence-corrected chi connectivity index (χ1v) is 11.4. The maximum Gasteiger partial charge on any atom is 0.282 e. The number of ether oxygens (including phenoxy) is 2. The number of anilines is 2. The highest BCUT2D eigenvalue weighted by Crippen LogP contribution is 2.36. The predicted octanol–water partition coefficient (Wildman–Crippen LogP) is 5.50. The van der Waals surface area contributed by atoms with Gasteiger partial charge in [-0.2, -0.15) is 0 Å². The fourth-order valence-corrected chi connectivity index (χ4v) is 4.03. The SMILES string of the molecule is CCOc1ccc(NC2=C(c3ccc(C)cc3C)C(=O)N(c3ccc(OCC)cc3)C2=O)cc1. The molecule has 3 aromatic rings. The molecule has 0 aliphatic carbocycles. The lowest BCUT2D eigenvalue weighted by atomic mass is 9.97. The van der Waals surface area contributed by atoms with Crippen molar-refractivity contribution in [2.45, 2.75) is 27.7 Å². The van der Waals surface area contributed by atoms with Crippen molar-refractivity contribution in [3.63, 3.8) is 0 Å². The van der Waals surface area contributed by atoms with Crippen LogP contribution in [0.3, 0.4) is 0 Å². The molecule has 1 aliphatic rings. The van der Waals surface area contributed by atoms with Gasteiger partial charge in [-0.05, 0) is 87.4 Å². The van der Waals surface area contributed by atoms with E-state index in [1.807, 2.05) is 70.2 Å². The zero-order chi connectivity index (χ0) is 24.2. The molecule has 0 unspecified atom stereocenters. The number of carbonyl (C=O) groups excluding carboxylic acids is 2. The van der Waals surface area contributed by atoms with Gasteiger partial charge in [0.2, 0.25) is 0 Å². The highest BCUT2D eigenvalue weighted by Gasteiger charge is 2.40. The average molecular weight is 457 g/mol. The van der Waals surface area contributed by atoms with Gasteiger partial charge in [0.25, 0.3) is 11.8 Å². The molecular formula is C28H28N2O4. The molecule has 0 saturated heterocycles. The molecule has 0 aromatic heterocycles. The Hall–Kier alpha value is -4.06. The fraction of sp³-hybridized carbons (Fsp3) is 0.214. The van der Waals surface area contributed by atoms with E-state index < -0.39 is 5.91 Å². The second-order valence-electron chi connectivity index (χ2n) is 8.02. The average Bonchev–Trinajstić information content (AvgIpc) is 3.05. The number of hydrogen-bond donors (Lipinski definition) is 1. The van der Waals surface area contributed by atoms with Crippen molar-refractivity contribution < 1.29 is 19.1 Å². The van der Waals surface area contributed by atoms with Gasteiger partial charge in [0, 0.05) is 5.69 Å². The third kappa shape index (κ3) is 4.53. The van der Waals surface area contributed by atoms with Crippen LogP contribution in [0.1, 0.15) is 30.5 Å². The highest BCUT2D eigenvalue weighted by atomic mass is 16.5. The van der Waals surface area contributed by atoms with Crippen LogP contribution in [0.4, 0.5) is 11.4 Å². The topological polar surface area (TPSA) is 67.9 Å². The van der Waals surface area contributed by atoms with Gasteiger partial charge in [-0.15, -0.1) is 0 Å². The smallest absolute Gasteiger partial charge is 0.282 e. The lowest BCUT2D eigenvalue weighted by Crippen LogP contribution is -2.32. The molecular weight excluding hydrogens is 428 g/mol. The molecule has 0 saturated carbocycles. The molecule has 0 fully saturated rings. The Balaban J connectivity index is 1.76. The zero-order valence-corrected chi connectivity index (χ0v) is 19.8. The molecule has 0 atom stereocenters. The van der Waals surface area contributed by atoms with Crippen LogP contribution in [0.25, 0.3) is 5.57 Å². The molecule has 1 aliphatic heterocycles. The van der Waals surface area contributed by atoms with Crippen LogP contribution in [-0.2, 0) is 9.59 Å². The van der Waals surface area contributed by atoms with E-state index >= 15 is 0 Å². The minimum absolute atomic E-state index is 0.245. The quantitative estimate of drug-likeness (QED) is 0.454. The number of aryl methyl sites for hydroxylation is 2. The Labute approximate surface area is 199 Å². The minimum atomic E-state index is -0.405. The Bertz CT molecular complexity index is 1240. The van der Waals surface area contributed by atoms with E-state index in [9.17, 15) is 9.59 Å². The van der Waals surface area contributed by atoms with Gasteiger partial charge in [0.15, 0.2) is 0 Å². The van der Waals surface area contributed by atoms with E-state index in [-0.39, 0.29) is 11.6 Å². The van der Waals surface area contributed by atoms with Gasteiger partial charge >= 0.3 is 0 Å². The van der Waals surface area contributed by atoms with Crippen molar-refractivity contribution in [1.29, 1.82) is 0 Å². The number of benzene rings is 3. The molecule has 6 heteroatoms. The number of rotatable bonds is 8. The molecule has 1 N–H and O–H groups in total. The number of amides is 2. The Morgan fingerprint density at radius 3 is 1.91 bits per heavy atom. The van der Waals surface area contributed by atoms with Crippen LogP contribution in [-0.4, -0.2) is 25.0 Å². The lowest BCUT2D eigenvalue weighted by Gasteiger charge is -2.16. The summed E-state index contributed by atoms with van der Waals surface area (Å²) in [6, 6.07) is 20.1. The number of nitrogens with zero attached hydrogens (tertiary/aromatic N) is 1. The first-order valence-electron chi connectivity index (χ1n) is 11.4. The zero-order valence-electron chi connectivity index (χ0n) is 19.8. The largest absolute Gasteiger partial charge is 0.494 e. The third-order valence-corrected chi connectivity index (χ3v) is 5.58. The molecule has 34 heavy (non-hydrogen) atoms. The summed E-state index contributed by atoms with van der Waals surface area (Å²) in [6.45, 7) is 8.87. The van der Waals surface area contributed by atoms with Crippen LogP contribution >= 0.6 is 0 Å². The number of carbonyl (C=O) groups is 2. The third-order valence-electron chi connectivity index (χ3n) is 5.58. The Morgan fingerprint density at radius 1 is 0.765 bits per heavy atom. The van der Waals surface area contributed by atoms with Crippen LogP contribution in [0.15, 0.2) is 72.4 Å². The van der Waals surface area contributed by atoms with Crippen molar-refractivity contribution in [2.24, 2.45) is 0 Å². The molecule has 2 amide bonds. The monoisotopic (exact) mass is 456 g/mol. The fourth-order valence-electron chi connectivity index (χ4n) is 4.03. The summed E-state index contributed by atoms with van der Waals surface area (Å²) in [5.74, 6) is 0.648. The molecule has 6 nitrogen and oxygen atoms in total. The lowest BCUT2D eigenvalue weighted by molar-refractivity contribution is -0.120. The van der Waals surface area contributed by atoms with Crippen molar-refractivity contribution in [2.75, 3.05) is 23.4 Å². The molecule has 174 valence electrons. The Kier molecular flexibility index (Phi) is 6.68. The second kappa shape index (κ2) is 9.83. The van der Waals surface area contributed by atoms with Crippen molar-refractivity contribution in [3.8, 4) is 11.5 Å². The van der Waals surface area contributed by atoms with Gasteiger partial charge in [-0.1, -0.05) is 23.8 Å². The number of imide groups is 1. The van der Waals surface area contributed by atoms with Gasteiger partial charge in [0.1, 0.15) is 17.2 Å². The summed E-state index contributed by atoms with van der Waals surface area (Å²) in [5.41, 5.74) is 4.52. The summed E-state index contributed by atoms with van der Waals surface area (Å²) in [4.78, 5) is 28.5. The maximum atomic E-state index is 13.7. The Morgan fingerprint density at radius 2 is 1.35 bits per heavy atom. The first kappa shape index (κ1) is 23.1. The van der Waals surface area contributed by atoms with Gasteiger partial charge in [0.05, 0.1) is 24.5 Å². The van der Waals surface area contributed by atoms with Gasteiger partial charge in [-0.25, -0.2) is 4.90 Å². The van der Waals surface area contributed by atoms with Crippen molar-refractivity contribution in [1.82, 2.24) is 0 Å². The standard InChI is InChI=1S/C28H28N2O4/c1-5-33-22-12-8-20(9-13-22)29-26-25(24-16-7-18(3)17-19(24)4)27(31)30(28(26)32)21-10-14-23(15-11-21)34-6-2/h7-17,29H,5-6H2,1-4H3. The molecule has 0 spiro atoms. The molecule has 3 aromatic carbocycles. The van der Waals surface area contributed by atoms with E-state index in [1.54, 1.807) is 24.3 Å². The predicted molar refractivity (Wildman–Crippen MR) is 134 cm³/mol. The summed E-state index contributed by atoms with van der Waals surface area (Å²) < 4.78 is 11.0. The van der Waals surface area contributed by atoms with Gasteiger partial charge in [-0.3, -0.25) is 9.59 Å². The van der Waals surface area contributed by atoms with E-state index in [4.69, 9.17) is 9.47 Å². The summed E-state index contributed by atoms with van der Waals surface area (Å²) in [5, 5.41) is 3.20. The molecule has 4 rings (SSSR count). The summed E-state index contributed by atoms with van der Waals surface area (Å²) >= 11 is 0. The molecule has 0 radical (unpaired) electrons. The summed E-state index contributed by atoms with van der Waals surface area (Å²) in [7, 11) is 0. The maximum absolute atomic E-state index is 13.7. The number of hydrogen-bond acceptors (Lipinski definition) is 5. The van der Waals surface area contributed by atoms with Crippen LogP contribution in [0, 0.1) is 13.8 Å². The van der Waals surface area contributed by atoms with Crippen LogP contribution in [0.5, 0.6) is 11.5 Å². The molecule has 1 heterocycles. The van der Waals surface area contributed by atoms with E-state index in [2.05, 4.69) is 5.32 Å². The van der Waals surface area contributed by atoms with E-state index in [0.29, 0.717) is 35.9 Å². The minimum Gasteiger partial charge on any atom is -0.494 e. The second-order valence-corrected chi connectivity index (χ2v) is 8.02. The van der Waals surface area contributed by atoms with Crippen molar-refractivity contribution >= 4 is 28.8 Å².